The topological polar surface area (TPSA) is 45.6 Å². The molecule has 3 aliphatic carbocycles. The summed E-state index contributed by atoms with van der Waals surface area (Å²) in [4.78, 5) is 22.8. The molecule has 8 rings (SSSR count). The van der Waals surface area contributed by atoms with E-state index in [-0.39, 0.29) is 5.91 Å². The van der Waals surface area contributed by atoms with E-state index in [4.69, 9.17) is 0 Å². The van der Waals surface area contributed by atoms with Crippen LogP contribution in [0.5, 0.6) is 0 Å². The lowest BCUT2D eigenvalue weighted by molar-refractivity contribution is 0.0713. The van der Waals surface area contributed by atoms with Gasteiger partial charge < -0.3 is 4.90 Å². The fourth-order valence-electron chi connectivity index (χ4n) is 7.46. The van der Waals surface area contributed by atoms with Crippen molar-refractivity contribution in [2.45, 2.75) is 57.3 Å². The third-order valence-electron chi connectivity index (χ3n) is 9.92. The molecule has 4 nitrogen and oxygen atoms in total. The smallest absolute Gasteiger partial charge is 0.253 e. The summed E-state index contributed by atoms with van der Waals surface area (Å²) in [6.07, 6.45) is 18.2. The molecule has 1 unspecified atom stereocenters. The molecule has 5 heteroatoms. The number of carbonyl (C=O) groups excluding carboxylic acids is 1. The maximum absolute atomic E-state index is 12.8. The number of benzene rings is 2. The molecule has 0 spiro atoms. The summed E-state index contributed by atoms with van der Waals surface area (Å²) in [5.41, 5.74) is 10.4. The summed E-state index contributed by atoms with van der Waals surface area (Å²) in [7, 11) is 0. The van der Waals surface area contributed by atoms with E-state index in [0.29, 0.717) is 5.92 Å². The van der Waals surface area contributed by atoms with E-state index in [9.17, 15) is 4.79 Å². The molecular formula is C36H39N3OS. The molecule has 2 aromatic carbocycles. The number of fused-ring (bicyclic) bond motifs is 4. The Labute approximate surface area is 248 Å². The monoisotopic (exact) mass is 561 g/mol. The van der Waals surface area contributed by atoms with Crippen LogP contribution in [0, 0.1) is 11.8 Å². The molecular weight excluding hydrogens is 522 g/mol. The summed E-state index contributed by atoms with van der Waals surface area (Å²) >= 11 is 1.78. The Morgan fingerprint density at radius 1 is 0.976 bits per heavy atom. The Bertz CT molecular complexity index is 1510. The fraction of sp³-hybridized carbons (Fsp3) is 0.417. The summed E-state index contributed by atoms with van der Waals surface area (Å²) in [5.74, 6) is 3.49. The second kappa shape index (κ2) is 12.0. The lowest BCUT2D eigenvalue weighted by Crippen LogP contribution is -2.37. The average molecular weight is 562 g/mol. The SMILES string of the molecule is C1=NCCS1.O=C(c1ccncc1)N1CCC(c2ccc3c4c(ccc3c2)C2=C(CCC=C2)C(C2CCC2)C4)CC1. The maximum Gasteiger partial charge on any atom is 0.253 e. The zero-order chi connectivity index (χ0) is 27.6. The van der Waals surface area contributed by atoms with E-state index in [2.05, 4.69) is 52.5 Å². The lowest BCUT2D eigenvalue weighted by Gasteiger charge is -2.41. The number of likely N-dealkylation sites (tertiary alicyclic amines) is 1. The van der Waals surface area contributed by atoms with Crippen LogP contribution in [0.15, 0.2) is 77.6 Å². The normalized spacial score (nSPS) is 22.1. The summed E-state index contributed by atoms with van der Waals surface area (Å²) in [5, 5.41) is 2.84. The third kappa shape index (κ3) is 5.41. The van der Waals surface area contributed by atoms with Crippen LogP contribution in [-0.4, -0.2) is 46.7 Å². The van der Waals surface area contributed by atoms with Gasteiger partial charge in [0.2, 0.25) is 0 Å². The molecule has 2 fully saturated rings. The molecule has 2 aliphatic heterocycles. The molecule has 1 saturated heterocycles. The van der Waals surface area contributed by atoms with E-state index in [1.807, 2.05) is 22.6 Å². The highest BCUT2D eigenvalue weighted by Crippen LogP contribution is 2.49. The summed E-state index contributed by atoms with van der Waals surface area (Å²) < 4.78 is 0. The van der Waals surface area contributed by atoms with Crippen molar-refractivity contribution in [1.82, 2.24) is 9.88 Å². The van der Waals surface area contributed by atoms with Crippen molar-refractivity contribution in [1.29, 1.82) is 0 Å². The average Bonchev–Trinajstić information content (AvgIpc) is 3.61. The number of rotatable bonds is 3. The summed E-state index contributed by atoms with van der Waals surface area (Å²) in [6.45, 7) is 2.67. The van der Waals surface area contributed by atoms with E-state index < -0.39 is 0 Å². The van der Waals surface area contributed by atoms with Gasteiger partial charge in [-0.1, -0.05) is 54.5 Å². The number of aromatic nitrogens is 1. The quantitative estimate of drug-likeness (QED) is 0.325. The zero-order valence-electron chi connectivity index (χ0n) is 23.8. The number of aliphatic imine (C=N–C) groups is 1. The van der Waals surface area contributed by atoms with Crippen LogP contribution >= 0.6 is 11.8 Å². The molecule has 0 bridgehead atoms. The van der Waals surface area contributed by atoms with Crippen LogP contribution in [0.25, 0.3) is 16.3 Å². The first-order chi connectivity index (χ1) is 20.3. The third-order valence-corrected chi connectivity index (χ3v) is 10.6. The number of allylic oxidation sites excluding steroid dienone is 4. The number of pyridine rings is 1. The number of hydrogen-bond donors (Lipinski definition) is 0. The van der Waals surface area contributed by atoms with Crippen LogP contribution in [0.4, 0.5) is 0 Å². The number of thioether (sulfide) groups is 1. The van der Waals surface area contributed by atoms with Crippen molar-refractivity contribution in [3.05, 3.63) is 94.8 Å². The molecule has 0 radical (unpaired) electrons. The van der Waals surface area contributed by atoms with Crippen LogP contribution in [0.3, 0.4) is 0 Å². The first-order valence-electron chi connectivity index (χ1n) is 15.5. The van der Waals surface area contributed by atoms with E-state index in [1.165, 1.54) is 71.8 Å². The number of amides is 1. The number of carbonyl (C=O) groups is 1. The second-order valence-corrected chi connectivity index (χ2v) is 13.1. The standard InChI is InChI=1S/C33H34N2O.C3H5NS/c36-33(24-12-16-34-17-13-24)35-18-14-22(15-19-35)25-8-10-27-26(20-25)9-11-30-28-6-1-2-7-29(28)31(21-32(27)30)23-4-3-5-23;1-2-5-3-4-1/h1,6,8-13,16-17,20,22-23,31H,2-5,7,14-15,18-19,21H2;3H,1-2H2. The van der Waals surface area contributed by atoms with Crippen LogP contribution in [-0.2, 0) is 6.42 Å². The molecule has 3 heterocycles. The van der Waals surface area contributed by atoms with Crippen molar-refractivity contribution >= 4 is 39.6 Å². The number of piperidine rings is 1. The lowest BCUT2D eigenvalue weighted by atomic mass is 9.64. The molecule has 1 atom stereocenters. The predicted octanol–water partition coefficient (Wildman–Crippen LogP) is 8.09. The molecule has 1 aromatic heterocycles. The van der Waals surface area contributed by atoms with Crippen molar-refractivity contribution in [3.8, 4) is 0 Å². The summed E-state index contributed by atoms with van der Waals surface area (Å²) in [6, 6.07) is 15.6. The minimum Gasteiger partial charge on any atom is -0.339 e. The van der Waals surface area contributed by atoms with Crippen molar-refractivity contribution < 1.29 is 4.79 Å². The van der Waals surface area contributed by atoms with Crippen LogP contribution < -0.4 is 0 Å². The maximum atomic E-state index is 12.8. The highest BCUT2D eigenvalue weighted by Gasteiger charge is 2.36. The Kier molecular flexibility index (Phi) is 7.80. The molecule has 1 saturated carbocycles. The first-order valence-corrected chi connectivity index (χ1v) is 16.6. The number of nitrogens with zero attached hydrogens (tertiary/aromatic N) is 3. The van der Waals surface area contributed by atoms with Gasteiger partial charge in [0.15, 0.2) is 0 Å². The fourth-order valence-corrected chi connectivity index (χ4v) is 7.99. The first kappa shape index (κ1) is 26.7. The molecule has 1 amide bonds. The van der Waals surface area contributed by atoms with Gasteiger partial charge in [-0.05, 0) is 108 Å². The Balaban J connectivity index is 0.000000502. The largest absolute Gasteiger partial charge is 0.339 e. The van der Waals surface area contributed by atoms with Gasteiger partial charge >= 0.3 is 0 Å². The van der Waals surface area contributed by atoms with Gasteiger partial charge in [0.1, 0.15) is 0 Å². The molecule has 0 N–H and O–H groups in total. The van der Waals surface area contributed by atoms with Gasteiger partial charge in [-0.3, -0.25) is 14.8 Å². The minimum atomic E-state index is 0.132. The van der Waals surface area contributed by atoms with Gasteiger partial charge in [-0.25, -0.2) is 0 Å². The second-order valence-electron chi connectivity index (χ2n) is 12.1. The van der Waals surface area contributed by atoms with E-state index in [0.717, 1.165) is 49.9 Å². The van der Waals surface area contributed by atoms with E-state index in [1.54, 1.807) is 35.3 Å². The van der Waals surface area contributed by atoms with Crippen LogP contribution in [0.1, 0.15) is 77.9 Å². The molecule has 5 aliphatic rings. The highest BCUT2D eigenvalue weighted by atomic mass is 32.2. The minimum absolute atomic E-state index is 0.132. The van der Waals surface area contributed by atoms with Gasteiger partial charge in [0, 0.05) is 43.3 Å². The van der Waals surface area contributed by atoms with Gasteiger partial charge in [0.05, 0.1) is 5.55 Å². The van der Waals surface area contributed by atoms with E-state index >= 15 is 0 Å². The van der Waals surface area contributed by atoms with Crippen molar-refractivity contribution in [3.63, 3.8) is 0 Å². The zero-order valence-corrected chi connectivity index (χ0v) is 24.6. The Morgan fingerprint density at radius 2 is 1.83 bits per heavy atom. The predicted molar refractivity (Wildman–Crippen MR) is 172 cm³/mol. The van der Waals surface area contributed by atoms with Crippen molar-refractivity contribution in [2.24, 2.45) is 16.8 Å². The van der Waals surface area contributed by atoms with Crippen molar-refractivity contribution in [2.75, 3.05) is 25.4 Å². The van der Waals surface area contributed by atoms with Crippen LogP contribution in [0.2, 0.25) is 0 Å². The number of hydrogen-bond acceptors (Lipinski definition) is 4. The highest BCUT2D eigenvalue weighted by molar-refractivity contribution is 8.12. The van der Waals surface area contributed by atoms with Gasteiger partial charge in [-0.15, -0.1) is 11.8 Å². The van der Waals surface area contributed by atoms with Gasteiger partial charge in [-0.2, -0.15) is 0 Å². The van der Waals surface area contributed by atoms with Gasteiger partial charge in [0.25, 0.3) is 5.91 Å². The molecule has 3 aromatic rings. The Morgan fingerprint density at radius 3 is 2.54 bits per heavy atom. The Hall–Kier alpha value is -3.18. The molecule has 210 valence electrons. The molecule has 41 heavy (non-hydrogen) atoms.